The molecule has 0 saturated heterocycles. The lowest BCUT2D eigenvalue weighted by molar-refractivity contribution is 0.468. The van der Waals surface area contributed by atoms with Gasteiger partial charge in [-0.05, 0) is 48.4 Å². The summed E-state index contributed by atoms with van der Waals surface area (Å²) in [4.78, 5) is 0. The molecule has 18 heavy (non-hydrogen) atoms. The maximum atomic E-state index is 13.1. The lowest BCUT2D eigenvalue weighted by Gasteiger charge is -2.09. The number of benzene rings is 2. The summed E-state index contributed by atoms with van der Waals surface area (Å²) in [6.45, 7) is 2.46. The van der Waals surface area contributed by atoms with Gasteiger partial charge in [0.25, 0.3) is 0 Å². The Morgan fingerprint density at radius 2 is 1.94 bits per heavy atom. The van der Waals surface area contributed by atoms with Crippen molar-refractivity contribution in [3.05, 3.63) is 57.8 Å². The summed E-state index contributed by atoms with van der Waals surface area (Å²) in [5, 5.41) is 12.5. The van der Waals surface area contributed by atoms with Crippen LogP contribution in [0.25, 0.3) is 0 Å². The van der Waals surface area contributed by atoms with Crippen LogP contribution in [0.4, 0.5) is 10.1 Å². The van der Waals surface area contributed by atoms with Gasteiger partial charge in [0, 0.05) is 22.8 Å². The zero-order chi connectivity index (χ0) is 13.1. The normalized spacial score (nSPS) is 10.4. The molecule has 2 N–H and O–H groups in total. The Labute approximate surface area is 114 Å². The predicted octanol–water partition coefficient (Wildman–Crippen LogP) is 4.21. The molecule has 0 aliphatic carbocycles. The van der Waals surface area contributed by atoms with Crippen LogP contribution in [0.1, 0.15) is 11.1 Å². The van der Waals surface area contributed by atoms with E-state index in [4.69, 9.17) is 0 Å². The van der Waals surface area contributed by atoms with Gasteiger partial charge < -0.3 is 10.4 Å². The molecule has 2 aromatic rings. The summed E-state index contributed by atoms with van der Waals surface area (Å²) in [5.74, 6) is -0.491. The SMILES string of the molecule is Cc1cc(Br)cc(NCc2cc(O)cc(F)c2)c1. The standard InChI is InChI=1S/C14H13BrFNO/c1-9-2-11(15)6-13(3-9)17-8-10-4-12(16)7-14(18)5-10/h2-7,17-18H,8H2,1H3. The van der Waals surface area contributed by atoms with Crippen LogP contribution in [0.3, 0.4) is 0 Å². The summed E-state index contributed by atoms with van der Waals surface area (Å²) in [6.07, 6.45) is 0. The van der Waals surface area contributed by atoms with Gasteiger partial charge in [0.05, 0.1) is 0 Å². The zero-order valence-electron chi connectivity index (χ0n) is 9.87. The molecule has 4 heteroatoms. The minimum atomic E-state index is -0.433. The summed E-state index contributed by atoms with van der Waals surface area (Å²) in [5.41, 5.74) is 2.78. The van der Waals surface area contributed by atoms with E-state index in [0.29, 0.717) is 12.1 Å². The van der Waals surface area contributed by atoms with Crippen LogP contribution in [-0.2, 0) is 6.54 Å². The van der Waals surface area contributed by atoms with Gasteiger partial charge in [-0.15, -0.1) is 0 Å². The van der Waals surface area contributed by atoms with E-state index in [1.54, 1.807) is 6.07 Å². The molecule has 2 aromatic carbocycles. The fourth-order valence-corrected chi connectivity index (χ4v) is 2.39. The van der Waals surface area contributed by atoms with Gasteiger partial charge in [-0.2, -0.15) is 0 Å². The molecule has 2 rings (SSSR count). The molecule has 0 fully saturated rings. The highest BCUT2D eigenvalue weighted by atomic mass is 79.9. The average molecular weight is 310 g/mol. The maximum absolute atomic E-state index is 13.1. The third kappa shape index (κ3) is 3.47. The number of halogens is 2. The lowest BCUT2D eigenvalue weighted by Crippen LogP contribution is -2.00. The molecule has 0 unspecified atom stereocenters. The van der Waals surface area contributed by atoms with Crippen LogP contribution < -0.4 is 5.32 Å². The average Bonchev–Trinajstić information content (AvgIpc) is 2.23. The molecule has 0 atom stereocenters. The molecular weight excluding hydrogens is 297 g/mol. The fourth-order valence-electron chi connectivity index (χ4n) is 1.78. The zero-order valence-corrected chi connectivity index (χ0v) is 11.5. The van der Waals surface area contributed by atoms with Crippen molar-refractivity contribution < 1.29 is 9.50 Å². The number of aromatic hydroxyl groups is 1. The van der Waals surface area contributed by atoms with Gasteiger partial charge in [0.1, 0.15) is 11.6 Å². The Morgan fingerprint density at radius 1 is 1.17 bits per heavy atom. The highest BCUT2D eigenvalue weighted by Gasteiger charge is 2.01. The van der Waals surface area contributed by atoms with Crippen molar-refractivity contribution in [1.29, 1.82) is 0 Å². The van der Waals surface area contributed by atoms with Gasteiger partial charge in [-0.3, -0.25) is 0 Å². The topological polar surface area (TPSA) is 32.3 Å². The molecule has 94 valence electrons. The number of hydrogen-bond acceptors (Lipinski definition) is 2. The van der Waals surface area contributed by atoms with Crippen molar-refractivity contribution in [2.24, 2.45) is 0 Å². The Morgan fingerprint density at radius 3 is 2.61 bits per heavy atom. The van der Waals surface area contributed by atoms with Crippen LogP contribution in [0.2, 0.25) is 0 Å². The fraction of sp³-hybridized carbons (Fsp3) is 0.143. The molecule has 0 aliphatic heterocycles. The van der Waals surface area contributed by atoms with Crippen molar-refractivity contribution in [2.45, 2.75) is 13.5 Å². The summed E-state index contributed by atoms with van der Waals surface area (Å²) >= 11 is 3.42. The van der Waals surface area contributed by atoms with Crippen LogP contribution in [0.5, 0.6) is 5.75 Å². The number of nitrogens with one attached hydrogen (secondary N) is 1. The summed E-state index contributed by atoms with van der Waals surface area (Å²) < 4.78 is 14.1. The molecule has 2 nitrogen and oxygen atoms in total. The second-order valence-corrected chi connectivity index (χ2v) is 5.10. The molecule has 0 amide bonds. The van der Waals surface area contributed by atoms with Crippen LogP contribution in [0, 0.1) is 12.7 Å². The van der Waals surface area contributed by atoms with E-state index in [0.717, 1.165) is 21.8 Å². The largest absolute Gasteiger partial charge is 0.508 e. The quantitative estimate of drug-likeness (QED) is 0.890. The molecule has 0 aliphatic rings. The van der Waals surface area contributed by atoms with Crippen molar-refractivity contribution in [2.75, 3.05) is 5.32 Å². The van der Waals surface area contributed by atoms with Gasteiger partial charge in [0.2, 0.25) is 0 Å². The number of aryl methyl sites for hydroxylation is 1. The minimum absolute atomic E-state index is 0.0581. The summed E-state index contributed by atoms with van der Waals surface area (Å²) in [7, 11) is 0. The maximum Gasteiger partial charge on any atom is 0.127 e. The smallest absolute Gasteiger partial charge is 0.127 e. The van der Waals surface area contributed by atoms with Gasteiger partial charge in [-0.25, -0.2) is 4.39 Å². The van der Waals surface area contributed by atoms with Gasteiger partial charge >= 0.3 is 0 Å². The van der Waals surface area contributed by atoms with E-state index in [9.17, 15) is 9.50 Å². The van der Waals surface area contributed by atoms with Gasteiger partial charge in [-0.1, -0.05) is 15.9 Å². The molecule has 0 saturated carbocycles. The van der Waals surface area contributed by atoms with E-state index in [1.807, 2.05) is 25.1 Å². The van der Waals surface area contributed by atoms with Crippen molar-refractivity contribution in [1.82, 2.24) is 0 Å². The number of hydrogen-bond donors (Lipinski definition) is 2. The predicted molar refractivity (Wildman–Crippen MR) is 74.3 cm³/mol. The first-order valence-corrected chi connectivity index (χ1v) is 6.32. The molecule has 0 heterocycles. The number of phenolic OH excluding ortho intramolecular Hbond substituents is 1. The van der Waals surface area contributed by atoms with Crippen molar-refractivity contribution >= 4 is 21.6 Å². The first kappa shape index (κ1) is 12.9. The third-order valence-corrected chi connectivity index (χ3v) is 2.94. The molecule has 0 spiro atoms. The van der Waals surface area contributed by atoms with Crippen molar-refractivity contribution in [3.8, 4) is 5.75 Å². The highest BCUT2D eigenvalue weighted by molar-refractivity contribution is 9.10. The first-order chi connectivity index (χ1) is 8.52. The highest BCUT2D eigenvalue weighted by Crippen LogP contribution is 2.20. The Kier molecular flexibility index (Phi) is 3.87. The first-order valence-electron chi connectivity index (χ1n) is 5.52. The van der Waals surface area contributed by atoms with E-state index >= 15 is 0 Å². The van der Waals surface area contributed by atoms with E-state index < -0.39 is 5.82 Å². The van der Waals surface area contributed by atoms with Crippen LogP contribution in [-0.4, -0.2) is 5.11 Å². The Balaban J connectivity index is 2.11. The van der Waals surface area contributed by atoms with Crippen LogP contribution in [0.15, 0.2) is 40.9 Å². The van der Waals surface area contributed by atoms with Gasteiger partial charge in [0.15, 0.2) is 0 Å². The van der Waals surface area contributed by atoms with E-state index in [2.05, 4.69) is 21.2 Å². The monoisotopic (exact) mass is 309 g/mol. The summed E-state index contributed by atoms with van der Waals surface area (Å²) in [6, 6.07) is 10.0. The molecular formula is C14H13BrFNO. The Hall–Kier alpha value is -1.55. The van der Waals surface area contributed by atoms with Crippen LogP contribution >= 0.6 is 15.9 Å². The third-order valence-electron chi connectivity index (χ3n) is 2.48. The van der Waals surface area contributed by atoms with E-state index in [-0.39, 0.29) is 5.75 Å². The second-order valence-electron chi connectivity index (χ2n) is 4.19. The molecule has 0 aromatic heterocycles. The molecule has 0 radical (unpaired) electrons. The second kappa shape index (κ2) is 5.40. The number of phenols is 1. The lowest BCUT2D eigenvalue weighted by atomic mass is 10.2. The Bertz CT molecular complexity index is 480. The minimum Gasteiger partial charge on any atom is -0.508 e. The van der Waals surface area contributed by atoms with E-state index in [1.165, 1.54) is 6.07 Å². The molecule has 0 bridgehead atoms. The number of rotatable bonds is 3. The van der Waals surface area contributed by atoms with Crippen molar-refractivity contribution in [3.63, 3.8) is 0 Å². The number of anilines is 1.